The zero-order chi connectivity index (χ0) is 15.9. The molecule has 5 heteroatoms. The normalized spacial score (nSPS) is 17.1. The number of benzene rings is 1. The van der Waals surface area contributed by atoms with Crippen LogP contribution in [-0.2, 0) is 0 Å². The van der Waals surface area contributed by atoms with Gasteiger partial charge in [0, 0.05) is 0 Å². The summed E-state index contributed by atoms with van der Waals surface area (Å²) in [7, 11) is 0. The molecule has 2 aromatic rings. The van der Waals surface area contributed by atoms with Crippen LogP contribution in [0.2, 0.25) is 0 Å². The van der Waals surface area contributed by atoms with Crippen LogP contribution in [0.25, 0.3) is 0 Å². The Kier molecular flexibility index (Phi) is 3.38. The van der Waals surface area contributed by atoms with Gasteiger partial charge < -0.3 is 15.5 Å². The fraction of sp³-hybridized carbons (Fsp3) is 0.294. The number of nitrogens with one attached hydrogen (secondary N) is 1. The van der Waals surface area contributed by atoms with Crippen molar-refractivity contribution in [3.63, 3.8) is 0 Å². The maximum absolute atomic E-state index is 9.47. The third kappa shape index (κ3) is 2.23. The van der Waals surface area contributed by atoms with E-state index in [0.717, 1.165) is 17.1 Å². The van der Waals surface area contributed by atoms with E-state index in [9.17, 15) is 5.26 Å². The number of nitrogens with zero attached hydrogens (tertiary/aromatic N) is 2. The fourth-order valence-corrected chi connectivity index (χ4v) is 2.73. The van der Waals surface area contributed by atoms with E-state index in [1.165, 1.54) is 5.56 Å². The Morgan fingerprint density at radius 1 is 1.32 bits per heavy atom. The molecule has 3 rings (SSSR count). The van der Waals surface area contributed by atoms with Gasteiger partial charge in [-0.05, 0) is 24.0 Å². The Labute approximate surface area is 129 Å². The van der Waals surface area contributed by atoms with E-state index in [4.69, 9.17) is 10.5 Å². The Balaban J connectivity index is 2.12. The van der Waals surface area contributed by atoms with E-state index in [1.54, 1.807) is 0 Å². The summed E-state index contributed by atoms with van der Waals surface area (Å²) in [6.45, 7) is 6.15. The second-order valence-electron chi connectivity index (χ2n) is 5.79. The summed E-state index contributed by atoms with van der Waals surface area (Å²) >= 11 is 0. The average Bonchev–Trinajstić information content (AvgIpc) is 2.85. The lowest BCUT2D eigenvalue weighted by Crippen LogP contribution is -2.21. The first-order valence-electron chi connectivity index (χ1n) is 7.25. The molecule has 0 unspecified atom stereocenters. The van der Waals surface area contributed by atoms with Crippen LogP contribution in [0.3, 0.4) is 0 Å². The highest BCUT2D eigenvalue weighted by Gasteiger charge is 2.33. The lowest BCUT2D eigenvalue weighted by molar-refractivity contribution is 0.379. The average molecular weight is 294 g/mol. The number of aromatic nitrogens is 2. The zero-order valence-corrected chi connectivity index (χ0v) is 12.8. The van der Waals surface area contributed by atoms with Gasteiger partial charge in [-0.1, -0.05) is 38.1 Å². The summed E-state index contributed by atoms with van der Waals surface area (Å²) in [4.78, 5) is 7.48. The molecule has 3 N–H and O–H groups in total. The Morgan fingerprint density at radius 3 is 2.59 bits per heavy atom. The molecule has 2 heterocycles. The van der Waals surface area contributed by atoms with Crippen molar-refractivity contribution in [2.75, 3.05) is 0 Å². The summed E-state index contributed by atoms with van der Waals surface area (Å²) < 4.78 is 5.46. The van der Waals surface area contributed by atoms with E-state index in [2.05, 4.69) is 42.0 Å². The van der Waals surface area contributed by atoms with Gasteiger partial charge in [0.15, 0.2) is 0 Å². The summed E-state index contributed by atoms with van der Waals surface area (Å²) in [5.74, 6) is 1.51. The smallest absolute Gasteiger partial charge is 0.243 e. The van der Waals surface area contributed by atoms with Crippen molar-refractivity contribution in [2.45, 2.75) is 32.6 Å². The second kappa shape index (κ2) is 5.23. The molecule has 1 aliphatic rings. The maximum Gasteiger partial charge on any atom is 0.243 e. The van der Waals surface area contributed by atoms with Gasteiger partial charge in [-0.2, -0.15) is 10.2 Å². The fourth-order valence-electron chi connectivity index (χ4n) is 2.73. The van der Waals surface area contributed by atoms with Crippen LogP contribution in [0.15, 0.2) is 35.7 Å². The van der Waals surface area contributed by atoms with Gasteiger partial charge in [0.2, 0.25) is 11.8 Å². The van der Waals surface area contributed by atoms with Gasteiger partial charge in [-0.15, -0.1) is 0 Å². The van der Waals surface area contributed by atoms with E-state index >= 15 is 0 Å². The van der Waals surface area contributed by atoms with Crippen molar-refractivity contribution in [2.24, 2.45) is 5.73 Å². The molecular weight excluding hydrogens is 276 g/mol. The number of H-pyrrole nitrogens is 1. The van der Waals surface area contributed by atoms with Gasteiger partial charge in [0.25, 0.3) is 0 Å². The van der Waals surface area contributed by atoms with E-state index in [-0.39, 0.29) is 11.8 Å². The summed E-state index contributed by atoms with van der Waals surface area (Å²) in [5.41, 5.74) is 9.34. The van der Waals surface area contributed by atoms with Crippen molar-refractivity contribution in [3.05, 3.63) is 58.4 Å². The number of fused-ring (bicyclic) bond motifs is 1. The molecule has 0 amide bonds. The van der Waals surface area contributed by atoms with Crippen LogP contribution in [-0.4, -0.2) is 9.97 Å². The number of hydrogen-bond acceptors (Lipinski definition) is 4. The Hall–Kier alpha value is -2.74. The third-order valence-electron chi connectivity index (χ3n) is 3.92. The highest BCUT2D eigenvalue weighted by atomic mass is 16.5. The lowest BCUT2D eigenvalue weighted by atomic mass is 9.86. The molecule has 0 radical (unpaired) electrons. The largest absolute Gasteiger partial charge is 0.420 e. The quantitative estimate of drug-likeness (QED) is 0.891. The number of rotatable bonds is 2. The molecule has 1 aromatic carbocycles. The Morgan fingerprint density at radius 2 is 2.00 bits per heavy atom. The second-order valence-corrected chi connectivity index (χ2v) is 5.79. The topological polar surface area (TPSA) is 87.7 Å². The number of allylic oxidation sites excluding steroid dienone is 1. The van der Waals surface area contributed by atoms with Crippen LogP contribution >= 0.6 is 0 Å². The molecule has 112 valence electrons. The number of aryl methyl sites for hydroxylation is 1. The zero-order valence-electron chi connectivity index (χ0n) is 12.8. The van der Waals surface area contributed by atoms with Crippen molar-refractivity contribution in [3.8, 4) is 11.9 Å². The van der Waals surface area contributed by atoms with Gasteiger partial charge in [-0.25, -0.2) is 0 Å². The predicted molar refractivity (Wildman–Crippen MR) is 83.2 cm³/mol. The van der Waals surface area contributed by atoms with Crippen LogP contribution in [0.1, 0.15) is 48.3 Å². The highest BCUT2D eigenvalue weighted by Crippen LogP contribution is 2.40. The minimum Gasteiger partial charge on any atom is -0.420 e. The minimum atomic E-state index is -0.267. The van der Waals surface area contributed by atoms with Gasteiger partial charge in [0.1, 0.15) is 17.5 Å². The number of nitrogens with two attached hydrogens (primary N) is 1. The van der Waals surface area contributed by atoms with Crippen molar-refractivity contribution < 1.29 is 4.74 Å². The summed E-state index contributed by atoms with van der Waals surface area (Å²) in [6, 6.07) is 10.4. The lowest BCUT2D eigenvalue weighted by Gasteiger charge is -2.23. The monoisotopic (exact) mass is 294 g/mol. The maximum atomic E-state index is 9.47. The van der Waals surface area contributed by atoms with Crippen molar-refractivity contribution in [1.29, 1.82) is 5.26 Å². The first-order chi connectivity index (χ1) is 10.5. The van der Waals surface area contributed by atoms with E-state index in [1.807, 2.05) is 19.1 Å². The van der Waals surface area contributed by atoms with Crippen molar-refractivity contribution in [1.82, 2.24) is 9.97 Å². The molecule has 0 saturated carbocycles. The summed E-state index contributed by atoms with van der Waals surface area (Å²) in [6.07, 6.45) is 0. The SMILES string of the molecule is Cc1nc2c([nH]1)[C@@H](c1ccc(C(C)C)cc1)C(C#N)=C(N)O2. The van der Waals surface area contributed by atoms with E-state index in [0.29, 0.717) is 17.4 Å². The molecule has 0 saturated heterocycles. The molecule has 5 nitrogen and oxygen atoms in total. The summed E-state index contributed by atoms with van der Waals surface area (Å²) in [5, 5.41) is 9.47. The van der Waals surface area contributed by atoms with Gasteiger partial charge in [0.05, 0.1) is 11.6 Å². The van der Waals surface area contributed by atoms with E-state index < -0.39 is 0 Å². The van der Waals surface area contributed by atoms with Crippen molar-refractivity contribution >= 4 is 0 Å². The first-order valence-corrected chi connectivity index (χ1v) is 7.25. The Bertz CT molecular complexity index is 778. The number of ether oxygens (including phenoxy) is 1. The number of hydrogen-bond donors (Lipinski definition) is 2. The molecule has 1 aromatic heterocycles. The number of nitriles is 1. The molecule has 0 bridgehead atoms. The van der Waals surface area contributed by atoms with Gasteiger partial charge in [-0.3, -0.25) is 0 Å². The predicted octanol–water partition coefficient (Wildman–Crippen LogP) is 3.06. The number of imidazole rings is 1. The number of aromatic amines is 1. The molecular formula is C17H18N4O. The minimum absolute atomic E-state index is 0.124. The standard InChI is InChI=1S/C17H18N4O/c1-9(2)11-4-6-12(7-5-11)14-13(8-18)16(19)22-17-15(14)20-10(3)21-17/h4-7,9,14H,19H2,1-3H3,(H,20,21)/t14-/m0/s1. The molecule has 0 fully saturated rings. The van der Waals surface area contributed by atoms with Crippen LogP contribution in [0, 0.1) is 18.3 Å². The molecule has 0 aliphatic carbocycles. The van der Waals surface area contributed by atoms with Crippen LogP contribution in [0.4, 0.5) is 0 Å². The van der Waals surface area contributed by atoms with Gasteiger partial charge >= 0.3 is 0 Å². The first kappa shape index (κ1) is 14.2. The molecule has 1 aliphatic heterocycles. The molecule has 22 heavy (non-hydrogen) atoms. The molecule has 1 atom stereocenters. The third-order valence-corrected chi connectivity index (χ3v) is 3.92. The highest BCUT2D eigenvalue weighted by molar-refractivity contribution is 5.51. The molecule has 0 spiro atoms. The van der Waals surface area contributed by atoms with Crippen LogP contribution in [0.5, 0.6) is 5.88 Å². The van der Waals surface area contributed by atoms with Crippen LogP contribution < -0.4 is 10.5 Å².